The topological polar surface area (TPSA) is 72.5 Å². The first kappa shape index (κ1) is 17.2. The molecule has 1 N–H and O–H groups in total. The zero-order valence-corrected chi connectivity index (χ0v) is 13.6. The average molecular weight is 358 g/mol. The van der Waals surface area contributed by atoms with Crippen molar-refractivity contribution in [2.45, 2.75) is 17.9 Å². The molecule has 0 saturated heterocycles. The Kier molecular flexibility index (Phi) is 5.23. The number of benzene rings is 2. The summed E-state index contributed by atoms with van der Waals surface area (Å²) in [6.07, 6.45) is -1.94. The maximum atomic E-state index is 13.1. The van der Waals surface area contributed by atoms with Crippen LogP contribution < -0.4 is 4.72 Å². The summed E-state index contributed by atoms with van der Waals surface area (Å²) < 4.78 is 43.8. The van der Waals surface area contributed by atoms with Crippen LogP contribution in [0.3, 0.4) is 0 Å². The Hall–Kier alpha value is -2.12. The van der Waals surface area contributed by atoms with E-state index in [1.165, 1.54) is 43.3 Å². The molecule has 23 heavy (non-hydrogen) atoms. The molecule has 1 atom stereocenters. The van der Waals surface area contributed by atoms with Gasteiger partial charge in [0.1, 0.15) is 11.9 Å². The lowest BCUT2D eigenvalue weighted by Crippen LogP contribution is -2.31. The maximum absolute atomic E-state index is 13.1. The van der Waals surface area contributed by atoms with Gasteiger partial charge in [0.25, 0.3) is 10.0 Å². The summed E-state index contributed by atoms with van der Waals surface area (Å²) in [5.74, 6) is -0.598. The highest BCUT2D eigenvalue weighted by atomic mass is 35.5. The van der Waals surface area contributed by atoms with Gasteiger partial charge in [-0.25, -0.2) is 22.3 Å². The molecule has 2 aromatic rings. The van der Waals surface area contributed by atoms with E-state index in [0.29, 0.717) is 5.56 Å². The SMILES string of the molecule is CC(OC(=O)NS(=O)(=O)c1ccccc1)c1ccc(F)c(Cl)c1. The van der Waals surface area contributed by atoms with E-state index in [1.54, 1.807) is 10.8 Å². The Morgan fingerprint density at radius 3 is 2.48 bits per heavy atom. The number of rotatable bonds is 4. The third kappa shape index (κ3) is 4.43. The zero-order valence-electron chi connectivity index (χ0n) is 12.0. The third-order valence-corrected chi connectivity index (χ3v) is 4.59. The second-order valence-corrected chi connectivity index (χ2v) is 6.73. The summed E-state index contributed by atoms with van der Waals surface area (Å²) in [7, 11) is -4.01. The molecule has 0 bridgehead atoms. The second kappa shape index (κ2) is 6.97. The van der Waals surface area contributed by atoms with Crippen molar-refractivity contribution < 1.29 is 22.3 Å². The van der Waals surface area contributed by atoms with Gasteiger partial charge in [0.15, 0.2) is 0 Å². The molecule has 0 aliphatic heterocycles. The normalized spacial score (nSPS) is 12.5. The van der Waals surface area contributed by atoms with Crippen LogP contribution in [0.15, 0.2) is 53.4 Å². The molecule has 122 valence electrons. The first-order valence-electron chi connectivity index (χ1n) is 6.53. The van der Waals surface area contributed by atoms with Gasteiger partial charge in [0, 0.05) is 0 Å². The number of nitrogens with one attached hydrogen (secondary N) is 1. The van der Waals surface area contributed by atoms with Crippen molar-refractivity contribution in [1.82, 2.24) is 4.72 Å². The highest BCUT2D eigenvalue weighted by Gasteiger charge is 2.20. The molecule has 0 saturated carbocycles. The Morgan fingerprint density at radius 2 is 1.87 bits per heavy atom. The standard InChI is InChI=1S/C15H13ClFNO4S/c1-10(11-7-8-14(17)13(16)9-11)22-15(19)18-23(20,21)12-5-3-2-4-6-12/h2-10H,1H3,(H,18,19). The molecule has 0 aliphatic carbocycles. The van der Waals surface area contributed by atoms with Gasteiger partial charge >= 0.3 is 6.09 Å². The lowest BCUT2D eigenvalue weighted by atomic mass is 10.1. The fourth-order valence-electron chi connectivity index (χ4n) is 1.79. The monoisotopic (exact) mass is 357 g/mol. The molecular formula is C15H13ClFNO4S. The molecule has 5 nitrogen and oxygen atoms in total. The van der Waals surface area contributed by atoms with E-state index in [2.05, 4.69) is 0 Å². The van der Waals surface area contributed by atoms with E-state index < -0.39 is 28.0 Å². The molecule has 0 fully saturated rings. The highest BCUT2D eigenvalue weighted by molar-refractivity contribution is 7.90. The number of carbonyl (C=O) groups is 1. The Bertz CT molecular complexity index is 811. The van der Waals surface area contributed by atoms with Crippen LogP contribution in [0, 0.1) is 5.82 Å². The largest absolute Gasteiger partial charge is 0.441 e. The van der Waals surface area contributed by atoms with Crippen molar-refractivity contribution in [2.24, 2.45) is 0 Å². The number of halogens is 2. The molecule has 2 rings (SSSR count). The van der Waals surface area contributed by atoms with E-state index in [-0.39, 0.29) is 9.92 Å². The first-order valence-corrected chi connectivity index (χ1v) is 8.39. The smallest absolute Gasteiger partial charge is 0.421 e. The van der Waals surface area contributed by atoms with Crippen LogP contribution in [0.25, 0.3) is 0 Å². The van der Waals surface area contributed by atoms with Gasteiger partial charge in [-0.05, 0) is 36.8 Å². The zero-order chi connectivity index (χ0) is 17.0. The van der Waals surface area contributed by atoms with Gasteiger partial charge < -0.3 is 4.74 Å². The van der Waals surface area contributed by atoms with Crippen LogP contribution in [0.2, 0.25) is 5.02 Å². The molecule has 0 aliphatic rings. The van der Waals surface area contributed by atoms with E-state index in [9.17, 15) is 17.6 Å². The van der Waals surface area contributed by atoms with Crippen LogP contribution in [0.1, 0.15) is 18.6 Å². The van der Waals surface area contributed by atoms with Crippen molar-refractivity contribution in [3.8, 4) is 0 Å². The first-order chi connectivity index (χ1) is 10.8. The van der Waals surface area contributed by atoms with Crippen molar-refractivity contribution in [3.05, 3.63) is 64.9 Å². The molecule has 0 heterocycles. The van der Waals surface area contributed by atoms with Crippen molar-refractivity contribution in [2.75, 3.05) is 0 Å². The van der Waals surface area contributed by atoms with Gasteiger partial charge in [-0.2, -0.15) is 0 Å². The predicted molar refractivity (Wildman–Crippen MR) is 83.1 cm³/mol. The maximum Gasteiger partial charge on any atom is 0.421 e. The summed E-state index contributed by atoms with van der Waals surface area (Å²) in [5, 5.41) is -0.115. The lowest BCUT2D eigenvalue weighted by Gasteiger charge is -2.14. The minimum atomic E-state index is -4.01. The minimum Gasteiger partial charge on any atom is -0.441 e. The van der Waals surface area contributed by atoms with Crippen LogP contribution in [-0.2, 0) is 14.8 Å². The molecule has 8 heteroatoms. The Labute approximate surface area is 138 Å². The number of hydrogen-bond donors (Lipinski definition) is 1. The minimum absolute atomic E-state index is 0.0607. The van der Waals surface area contributed by atoms with Gasteiger partial charge in [0.2, 0.25) is 0 Å². The molecular weight excluding hydrogens is 345 g/mol. The van der Waals surface area contributed by atoms with Gasteiger partial charge in [0.05, 0.1) is 9.92 Å². The Morgan fingerprint density at radius 1 is 1.22 bits per heavy atom. The summed E-state index contributed by atoms with van der Waals surface area (Å²) in [6.45, 7) is 1.51. The molecule has 0 spiro atoms. The number of carbonyl (C=O) groups excluding carboxylic acids is 1. The van der Waals surface area contributed by atoms with Crippen LogP contribution >= 0.6 is 11.6 Å². The summed E-state index contributed by atoms with van der Waals surface area (Å²) in [5.41, 5.74) is 0.434. The predicted octanol–water partition coefficient (Wildman–Crippen LogP) is 3.66. The van der Waals surface area contributed by atoms with E-state index in [0.717, 1.165) is 6.07 Å². The fraction of sp³-hybridized carbons (Fsp3) is 0.133. The quantitative estimate of drug-likeness (QED) is 0.906. The van der Waals surface area contributed by atoms with Crippen molar-refractivity contribution in [1.29, 1.82) is 0 Å². The van der Waals surface area contributed by atoms with Crippen LogP contribution in [0.5, 0.6) is 0 Å². The van der Waals surface area contributed by atoms with Crippen LogP contribution in [-0.4, -0.2) is 14.5 Å². The third-order valence-electron chi connectivity index (χ3n) is 2.97. The van der Waals surface area contributed by atoms with E-state index in [1.807, 2.05) is 0 Å². The summed E-state index contributed by atoms with van der Waals surface area (Å²) in [4.78, 5) is 11.7. The highest BCUT2D eigenvalue weighted by Crippen LogP contribution is 2.23. The van der Waals surface area contributed by atoms with Crippen molar-refractivity contribution in [3.63, 3.8) is 0 Å². The number of amides is 1. The van der Waals surface area contributed by atoms with E-state index in [4.69, 9.17) is 16.3 Å². The average Bonchev–Trinajstić information content (AvgIpc) is 2.50. The van der Waals surface area contributed by atoms with Gasteiger partial charge in [-0.1, -0.05) is 35.9 Å². The molecule has 0 aromatic heterocycles. The summed E-state index contributed by atoms with van der Waals surface area (Å²) in [6, 6.07) is 11.2. The van der Waals surface area contributed by atoms with E-state index >= 15 is 0 Å². The molecule has 1 amide bonds. The molecule has 0 radical (unpaired) electrons. The number of ether oxygens (including phenoxy) is 1. The number of hydrogen-bond acceptors (Lipinski definition) is 4. The Balaban J connectivity index is 2.05. The second-order valence-electron chi connectivity index (χ2n) is 4.64. The van der Waals surface area contributed by atoms with Crippen molar-refractivity contribution >= 4 is 27.7 Å². The van der Waals surface area contributed by atoms with Gasteiger partial charge in [-0.3, -0.25) is 0 Å². The van der Waals surface area contributed by atoms with Gasteiger partial charge in [-0.15, -0.1) is 0 Å². The molecule has 2 aromatic carbocycles. The van der Waals surface area contributed by atoms with Crippen LogP contribution in [0.4, 0.5) is 9.18 Å². The fourth-order valence-corrected chi connectivity index (χ4v) is 2.88. The number of sulfonamides is 1. The lowest BCUT2D eigenvalue weighted by molar-refractivity contribution is 0.113. The summed E-state index contributed by atoms with van der Waals surface area (Å²) >= 11 is 5.65. The molecule has 1 unspecified atom stereocenters.